The average molecular weight is 458 g/mol. The molecule has 6 heteroatoms. The van der Waals surface area contributed by atoms with Crippen LogP contribution in [0, 0.1) is 0 Å². The first-order valence-electron chi connectivity index (χ1n) is 12.3. The molecule has 34 heavy (non-hydrogen) atoms. The molecule has 0 aliphatic carbocycles. The van der Waals surface area contributed by atoms with E-state index in [4.69, 9.17) is 0 Å². The molecule has 1 saturated heterocycles. The highest BCUT2D eigenvalue weighted by molar-refractivity contribution is 5.99. The van der Waals surface area contributed by atoms with Gasteiger partial charge in [0.2, 0.25) is 5.91 Å². The van der Waals surface area contributed by atoms with E-state index in [1.54, 1.807) is 4.90 Å². The number of H-pyrrole nitrogens is 1. The van der Waals surface area contributed by atoms with Gasteiger partial charge < -0.3 is 14.5 Å². The molecule has 6 nitrogen and oxygen atoms in total. The van der Waals surface area contributed by atoms with E-state index in [1.165, 1.54) is 38.7 Å². The van der Waals surface area contributed by atoms with Gasteiger partial charge in [-0.05, 0) is 73.2 Å². The van der Waals surface area contributed by atoms with Crippen LogP contribution in [0.1, 0.15) is 49.7 Å². The number of carbonyl (C=O) groups is 1. The number of amides is 1. The summed E-state index contributed by atoms with van der Waals surface area (Å²) in [6.07, 6.45) is 6.24. The molecule has 1 aliphatic heterocycles. The van der Waals surface area contributed by atoms with Crippen LogP contribution in [0.5, 0.6) is 0 Å². The van der Waals surface area contributed by atoms with Gasteiger partial charge in [0.05, 0.1) is 12.2 Å². The maximum Gasteiger partial charge on any atom is 0.236 e. The monoisotopic (exact) mass is 457 g/mol. The van der Waals surface area contributed by atoms with Crippen molar-refractivity contribution >= 4 is 27.8 Å². The lowest BCUT2D eigenvalue weighted by Gasteiger charge is -2.32. The number of benzene rings is 1. The third kappa shape index (κ3) is 4.00. The van der Waals surface area contributed by atoms with E-state index in [0.717, 1.165) is 31.6 Å². The molecule has 0 spiro atoms. The predicted octanol–water partition coefficient (Wildman–Crippen LogP) is 5.11. The smallest absolute Gasteiger partial charge is 0.236 e. The van der Waals surface area contributed by atoms with Crippen molar-refractivity contribution in [3.63, 3.8) is 0 Å². The third-order valence-corrected chi connectivity index (χ3v) is 7.36. The molecule has 0 unspecified atom stereocenters. The zero-order chi connectivity index (χ0) is 24.0. The first kappa shape index (κ1) is 22.7. The molecule has 1 aliphatic rings. The summed E-state index contributed by atoms with van der Waals surface area (Å²) in [7, 11) is 5.72. The number of fused-ring (bicyclic) bond motifs is 2. The van der Waals surface area contributed by atoms with Crippen LogP contribution in [-0.4, -0.2) is 64.0 Å². The number of nitrogens with zero attached hydrogens (tertiary/aromatic N) is 4. The lowest BCUT2D eigenvalue weighted by molar-refractivity contribution is -0.130. The largest absolute Gasteiger partial charge is 0.354 e. The molecule has 0 bridgehead atoms. The van der Waals surface area contributed by atoms with Gasteiger partial charge in [0, 0.05) is 55.4 Å². The number of rotatable bonds is 5. The van der Waals surface area contributed by atoms with E-state index in [0.29, 0.717) is 18.4 Å². The molecule has 1 amide bonds. The number of likely N-dealkylation sites (tertiary alicyclic amines) is 1. The summed E-state index contributed by atoms with van der Waals surface area (Å²) >= 11 is 0. The number of hydrogen-bond acceptors (Lipinski definition) is 3. The molecule has 3 aromatic heterocycles. The van der Waals surface area contributed by atoms with Gasteiger partial charge in [-0.3, -0.25) is 9.69 Å². The van der Waals surface area contributed by atoms with Crippen LogP contribution in [0.2, 0.25) is 0 Å². The van der Waals surface area contributed by atoms with Crippen LogP contribution in [0.4, 0.5) is 0 Å². The zero-order valence-corrected chi connectivity index (χ0v) is 20.9. The van der Waals surface area contributed by atoms with Crippen molar-refractivity contribution in [2.24, 2.45) is 7.05 Å². The Morgan fingerprint density at radius 1 is 1.18 bits per heavy atom. The van der Waals surface area contributed by atoms with Crippen molar-refractivity contribution in [1.82, 2.24) is 24.3 Å². The Morgan fingerprint density at radius 2 is 1.94 bits per heavy atom. The van der Waals surface area contributed by atoms with Gasteiger partial charge in [-0.1, -0.05) is 19.9 Å². The van der Waals surface area contributed by atoms with Crippen LogP contribution >= 0.6 is 0 Å². The lowest BCUT2D eigenvalue weighted by atomic mass is 9.87. The van der Waals surface area contributed by atoms with Crippen LogP contribution in [-0.2, 0) is 11.8 Å². The van der Waals surface area contributed by atoms with Crippen LogP contribution < -0.4 is 0 Å². The van der Waals surface area contributed by atoms with Gasteiger partial charge in [-0.2, -0.15) is 0 Å². The number of pyridine rings is 1. The second-order valence-corrected chi connectivity index (χ2v) is 10.2. The topological polar surface area (TPSA) is 57.2 Å². The summed E-state index contributed by atoms with van der Waals surface area (Å²) in [6.45, 7) is 7.03. The van der Waals surface area contributed by atoms with Crippen molar-refractivity contribution in [2.75, 3.05) is 33.7 Å². The first-order chi connectivity index (χ1) is 16.3. The van der Waals surface area contributed by atoms with E-state index < -0.39 is 0 Å². The third-order valence-electron chi connectivity index (χ3n) is 7.36. The number of piperidine rings is 1. The normalized spacial score (nSPS) is 15.6. The summed E-state index contributed by atoms with van der Waals surface area (Å²) in [5.41, 5.74) is 7.41. The second-order valence-electron chi connectivity index (χ2n) is 10.2. The molecule has 1 aromatic carbocycles. The molecule has 0 atom stereocenters. The Balaban J connectivity index is 1.47. The van der Waals surface area contributed by atoms with Crippen LogP contribution in [0.3, 0.4) is 0 Å². The van der Waals surface area contributed by atoms with Crippen molar-refractivity contribution in [3.8, 4) is 11.3 Å². The molecule has 0 saturated carbocycles. The standard InChI is InChI=1S/C28H35N5O/c1-18(2)26-22-15-20(19-10-13-33(14-11-19)17-25(34)31(3)4)8-9-24(22)30-27(26)23-16-32(5)28-21(23)7-6-12-29-28/h6-9,12,15-16,18-19,30H,10-11,13-14,17H2,1-5H3. The summed E-state index contributed by atoms with van der Waals surface area (Å²) in [6, 6.07) is 11.1. The quantitative estimate of drug-likeness (QED) is 0.453. The fraction of sp³-hybridized carbons (Fsp3) is 0.429. The molecular formula is C28H35N5O. The maximum absolute atomic E-state index is 12.1. The summed E-state index contributed by atoms with van der Waals surface area (Å²) < 4.78 is 2.11. The minimum Gasteiger partial charge on any atom is -0.354 e. The van der Waals surface area contributed by atoms with Gasteiger partial charge in [-0.15, -0.1) is 0 Å². The SMILES string of the molecule is CC(C)c1c(-c2cn(C)c3ncccc23)[nH]c2ccc(C3CCN(CC(=O)N(C)C)CC3)cc12. The minimum absolute atomic E-state index is 0.185. The van der Waals surface area contributed by atoms with Gasteiger partial charge in [-0.25, -0.2) is 4.98 Å². The van der Waals surface area contributed by atoms with E-state index in [2.05, 4.69) is 70.8 Å². The second kappa shape index (κ2) is 8.91. The highest BCUT2D eigenvalue weighted by Crippen LogP contribution is 2.40. The van der Waals surface area contributed by atoms with Crippen molar-refractivity contribution < 1.29 is 4.79 Å². The first-order valence-corrected chi connectivity index (χ1v) is 12.3. The molecule has 0 radical (unpaired) electrons. The number of carbonyl (C=O) groups excluding carboxylic acids is 1. The molecule has 1 fully saturated rings. The number of aryl methyl sites for hydroxylation is 1. The Morgan fingerprint density at radius 3 is 2.65 bits per heavy atom. The van der Waals surface area contributed by atoms with E-state index >= 15 is 0 Å². The Labute approximate surface area is 201 Å². The highest BCUT2D eigenvalue weighted by Gasteiger charge is 2.24. The van der Waals surface area contributed by atoms with Crippen LogP contribution in [0.15, 0.2) is 42.7 Å². The van der Waals surface area contributed by atoms with Gasteiger partial charge in [0.25, 0.3) is 0 Å². The molecular weight excluding hydrogens is 422 g/mol. The summed E-state index contributed by atoms with van der Waals surface area (Å²) in [5, 5.41) is 2.51. The average Bonchev–Trinajstić information content (AvgIpc) is 3.37. The fourth-order valence-corrected chi connectivity index (χ4v) is 5.47. The van der Waals surface area contributed by atoms with Crippen molar-refractivity contribution in [3.05, 3.63) is 53.9 Å². The van der Waals surface area contributed by atoms with Gasteiger partial charge in [0.15, 0.2) is 0 Å². The molecule has 1 N–H and O–H groups in total. The van der Waals surface area contributed by atoms with Crippen molar-refractivity contribution in [1.29, 1.82) is 0 Å². The Bertz CT molecular complexity index is 1340. The maximum atomic E-state index is 12.1. The highest BCUT2D eigenvalue weighted by atomic mass is 16.2. The van der Waals surface area contributed by atoms with E-state index in [-0.39, 0.29) is 5.91 Å². The number of aromatic amines is 1. The zero-order valence-electron chi connectivity index (χ0n) is 20.9. The molecule has 5 rings (SSSR count). The number of hydrogen-bond donors (Lipinski definition) is 1. The Hall–Kier alpha value is -3.12. The predicted molar refractivity (Wildman–Crippen MR) is 139 cm³/mol. The molecule has 4 aromatic rings. The van der Waals surface area contributed by atoms with E-state index in [9.17, 15) is 4.79 Å². The van der Waals surface area contributed by atoms with Crippen LogP contribution in [0.25, 0.3) is 33.2 Å². The Kier molecular flexibility index (Phi) is 5.94. The van der Waals surface area contributed by atoms with Crippen molar-refractivity contribution in [2.45, 2.75) is 38.5 Å². The minimum atomic E-state index is 0.185. The van der Waals surface area contributed by atoms with Gasteiger partial charge in [0.1, 0.15) is 5.65 Å². The number of aromatic nitrogens is 3. The fourth-order valence-electron chi connectivity index (χ4n) is 5.47. The summed E-state index contributed by atoms with van der Waals surface area (Å²) in [4.78, 5) is 24.4. The summed E-state index contributed by atoms with van der Waals surface area (Å²) in [5.74, 6) is 1.12. The number of likely N-dealkylation sites (N-methyl/N-ethyl adjacent to an activating group) is 1. The molecule has 4 heterocycles. The van der Waals surface area contributed by atoms with E-state index in [1.807, 2.05) is 26.4 Å². The molecule has 178 valence electrons. The lowest BCUT2D eigenvalue weighted by Crippen LogP contribution is -2.40. The van der Waals surface area contributed by atoms with Gasteiger partial charge >= 0.3 is 0 Å². The number of nitrogens with one attached hydrogen (secondary N) is 1.